The average Bonchev–Trinajstić information content (AvgIpc) is 2.92. The molecule has 37 heavy (non-hydrogen) atoms. The summed E-state index contributed by atoms with van der Waals surface area (Å²) in [6.45, 7) is 0.0167. The number of esters is 1. The van der Waals surface area contributed by atoms with E-state index in [-0.39, 0.29) is 48.7 Å². The van der Waals surface area contributed by atoms with Gasteiger partial charge in [0.2, 0.25) is 5.91 Å². The number of hydrogen-bond acceptors (Lipinski definition) is 8. The molecule has 0 fully saturated rings. The Labute approximate surface area is 214 Å². The molecule has 0 spiro atoms. The van der Waals surface area contributed by atoms with Crippen LogP contribution in [0.4, 0.5) is 5.69 Å². The molecule has 10 heteroatoms. The van der Waals surface area contributed by atoms with E-state index in [9.17, 15) is 19.2 Å². The first kappa shape index (κ1) is 28.3. The largest absolute Gasteiger partial charge is 0.496 e. The summed E-state index contributed by atoms with van der Waals surface area (Å²) in [5, 5.41) is 2.40. The van der Waals surface area contributed by atoms with Gasteiger partial charge in [0.15, 0.2) is 11.5 Å². The summed E-state index contributed by atoms with van der Waals surface area (Å²) < 4.78 is 21.1. The quantitative estimate of drug-likeness (QED) is 0.279. The van der Waals surface area contributed by atoms with Gasteiger partial charge in [-0.05, 0) is 24.3 Å². The number of methoxy groups -OCH3 is 3. The second kappa shape index (κ2) is 13.8. The molecule has 1 N–H and O–H groups in total. The number of terminal acetylenes is 2. The van der Waals surface area contributed by atoms with Crippen LogP contribution in [0.5, 0.6) is 17.2 Å². The number of nitrogens with one attached hydrogen (secondary N) is 1. The number of carbonyl (C=O) groups is 4. The highest BCUT2D eigenvalue weighted by Gasteiger charge is 2.22. The molecule has 0 aliphatic rings. The monoisotopic (exact) mass is 506 g/mol. The van der Waals surface area contributed by atoms with Gasteiger partial charge in [-0.1, -0.05) is 18.2 Å². The maximum Gasteiger partial charge on any atom is 0.340 e. The third-order valence-electron chi connectivity index (χ3n) is 5.08. The van der Waals surface area contributed by atoms with Crippen molar-refractivity contribution >= 4 is 29.4 Å². The zero-order valence-corrected chi connectivity index (χ0v) is 20.7. The fourth-order valence-corrected chi connectivity index (χ4v) is 3.30. The molecule has 0 atom stereocenters. The molecule has 0 aliphatic heterocycles. The van der Waals surface area contributed by atoms with E-state index in [4.69, 9.17) is 31.8 Å². The molecule has 0 radical (unpaired) electrons. The van der Waals surface area contributed by atoms with Gasteiger partial charge in [-0.15, -0.1) is 12.8 Å². The molecule has 192 valence electrons. The smallest absolute Gasteiger partial charge is 0.340 e. The van der Waals surface area contributed by atoms with E-state index in [0.29, 0.717) is 11.3 Å². The molecule has 0 unspecified atom stereocenters. The highest BCUT2D eigenvalue weighted by molar-refractivity contribution is 6.08. The van der Waals surface area contributed by atoms with Crippen LogP contribution in [0, 0.1) is 24.7 Å². The van der Waals surface area contributed by atoms with Crippen LogP contribution in [-0.4, -0.2) is 63.1 Å². The molecule has 2 aromatic carbocycles. The summed E-state index contributed by atoms with van der Waals surface area (Å²) in [5.74, 6) is 1.95. The molecule has 0 saturated heterocycles. The first-order valence-electron chi connectivity index (χ1n) is 10.9. The Morgan fingerprint density at radius 2 is 1.65 bits per heavy atom. The molecular formula is C27H26N2O8. The Hall–Kier alpha value is -4.96. The van der Waals surface area contributed by atoms with Crippen LogP contribution in [0.1, 0.15) is 22.3 Å². The summed E-state index contributed by atoms with van der Waals surface area (Å²) in [6.07, 6.45) is 10.5. The van der Waals surface area contributed by atoms with E-state index in [1.54, 1.807) is 24.3 Å². The van der Waals surface area contributed by atoms with E-state index in [2.05, 4.69) is 5.32 Å². The van der Waals surface area contributed by atoms with Gasteiger partial charge < -0.3 is 24.3 Å². The first-order chi connectivity index (χ1) is 17.8. The lowest BCUT2D eigenvalue weighted by atomic mass is 10.1. The van der Waals surface area contributed by atoms with Crippen molar-refractivity contribution in [2.24, 2.45) is 0 Å². The number of amides is 3. The second-order valence-electron chi connectivity index (χ2n) is 7.32. The van der Waals surface area contributed by atoms with Crippen molar-refractivity contribution in [2.45, 2.75) is 12.8 Å². The van der Waals surface area contributed by atoms with Crippen molar-refractivity contribution in [2.75, 3.05) is 39.8 Å². The van der Waals surface area contributed by atoms with Crippen molar-refractivity contribution in [3.8, 4) is 41.9 Å². The van der Waals surface area contributed by atoms with Crippen molar-refractivity contribution < 1.29 is 38.1 Å². The van der Waals surface area contributed by atoms with Crippen LogP contribution in [0.2, 0.25) is 0 Å². The maximum atomic E-state index is 12.8. The van der Waals surface area contributed by atoms with Crippen LogP contribution in [0.25, 0.3) is 0 Å². The lowest BCUT2D eigenvalue weighted by Crippen LogP contribution is -2.38. The van der Waals surface area contributed by atoms with Crippen molar-refractivity contribution in [3.05, 3.63) is 47.5 Å². The highest BCUT2D eigenvalue weighted by atomic mass is 16.5. The molecule has 2 aromatic rings. The van der Waals surface area contributed by atoms with E-state index < -0.39 is 23.7 Å². The fourth-order valence-electron chi connectivity index (χ4n) is 3.30. The molecule has 0 aliphatic carbocycles. The Bertz CT molecular complexity index is 1260. The molecule has 3 amide bonds. The number of carbonyl (C=O) groups excluding carboxylic acids is 4. The lowest BCUT2D eigenvalue weighted by Gasteiger charge is -2.20. The number of rotatable bonds is 11. The second-order valence-corrected chi connectivity index (χ2v) is 7.32. The topological polar surface area (TPSA) is 120 Å². The van der Waals surface area contributed by atoms with Crippen molar-refractivity contribution in [3.63, 3.8) is 0 Å². The normalized spacial score (nSPS) is 9.76. The number of benzene rings is 2. The van der Waals surface area contributed by atoms with E-state index >= 15 is 0 Å². The molecule has 10 nitrogen and oxygen atoms in total. The summed E-state index contributed by atoms with van der Waals surface area (Å²) in [5.41, 5.74) is 0.669. The minimum absolute atomic E-state index is 0.0144. The van der Waals surface area contributed by atoms with E-state index in [1.165, 1.54) is 33.5 Å². The Balaban J connectivity index is 2.15. The van der Waals surface area contributed by atoms with Gasteiger partial charge in [0.25, 0.3) is 5.91 Å². The van der Waals surface area contributed by atoms with E-state index in [0.717, 1.165) is 4.90 Å². The number of anilines is 1. The van der Waals surface area contributed by atoms with Gasteiger partial charge in [0, 0.05) is 24.2 Å². The SMILES string of the molecule is C#CC(=O)Nc1cc(OC)c(OCCCN(C(=O)C#C)C(=O)Cc2ccccc2OC)cc1C(=O)OC. The van der Waals surface area contributed by atoms with Crippen LogP contribution in [0.3, 0.4) is 0 Å². The summed E-state index contributed by atoms with van der Waals surface area (Å²) in [4.78, 5) is 49.9. The number of nitrogens with zero attached hydrogens (tertiary/aromatic N) is 1. The predicted molar refractivity (Wildman–Crippen MR) is 134 cm³/mol. The number of para-hydroxylation sites is 1. The van der Waals surface area contributed by atoms with Crippen LogP contribution in [0.15, 0.2) is 36.4 Å². The van der Waals surface area contributed by atoms with Gasteiger partial charge in [0.05, 0.1) is 45.6 Å². The van der Waals surface area contributed by atoms with Crippen LogP contribution >= 0.6 is 0 Å². The van der Waals surface area contributed by atoms with Gasteiger partial charge in [-0.2, -0.15) is 0 Å². The number of hydrogen-bond donors (Lipinski definition) is 1. The van der Waals surface area contributed by atoms with Crippen molar-refractivity contribution in [1.29, 1.82) is 0 Å². The van der Waals surface area contributed by atoms with Gasteiger partial charge in [0.1, 0.15) is 5.75 Å². The van der Waals surface area contributed by atoms with Crippen molar-refractivity contribution in [1.82, 2.24) is 4.90 Å². The minimum atomic E-state index is -0.779. The maximum absolute atomic E-state index is 12.8. The molecule has 0 bridgehead atoms. The van der Waals surface area contributed by atoms with Gasteiger partial charge in [-0.25, -0.2) is 4.79 Å². The predicted octanol–water partition coefficient (Wildman–Crippen LogP) is 2.06. The third kappa shape index (κ3) is 7.51. The summed E-state index contributed by atoms with van der Waals surface area (Å²) >= 11 is 0. The zero-order valence-electron chi connectivity index (χ0n) is 20.7. The molecular weight excluding hydrogens is 480 g/mol. The average molecular weight is 507 g/mol. The highest BCUT2D eigenvalue weighted by Crippen LogP contribution is 2.34. The standard InChI is InChI=1S/C27H26N2O8/c1-6-24(30)28-20-17-22(35-4)23(16-19(20)27(33)36-5)37-14-10-13-29(25(31)7-2)26(32)15-18-11-8-9-12-21(18)34-3/h1-2,8-9,11-12,16-17H,10,13-15H2,3-5H3,(H,28,30). The number of imide groups is 1. The Morgan fingerprint density at radius 1 is 0.946 bits per heavy atom. The molecule has 2 rings (SSSR count). The number of ether oxygens (including phenoxy) is 4. The molecule has 0 saturated carbocycles. The zero-order chi connectivity index (χ0) is 27.4. The Morgan fingerprint density at radius 3 is 2.27 bits per heavy atom. The third-order valence-corrected chi connectivity index (χ3v) is 5.08. The lowest BCUT2D eigenvalue weighted by molar-refractivity contribution is -0.141. The van der Waals surface area contributed by atoms with Crippen LogP contribution in [-0.2, 0) is 25.5 Å². The fraction of sp³-hybridized carbons (Fsp3) is 0.259. The molecule has 0 aromatic heterocycles. The minimum Gasteiger partial charge on any atom is -0.496 e. The Kier molecular flexibility index (Phi) is 10.6. The summed E-state index contributed by atoms with van der Waals surface area (Å²) in [7, 11) is 4.04. The van der Waals surface area contributed by atoms with Crippen LogP contribution < -0.4 is 19.5 Å². The van der Waals surface area contributed by atoms with E-state index in [1.807, 2.05) is 11.8 Å². The van der Waals surface area contributed by atoms with Gasteiger partial charge in [-0.3, -0.25) is 19.3 Å². The first-order valence-corrected chi connectivity index (χ1v) is 10.9. The summed E-state index contributed by atoms with van der Waals surface area (Å²) in [6, 6.07) is 9.65. The molecule has 0 heterocycles. The van der Waals surface area contributed by atoms with Gasteiger partial charge >= 0.3 is 11.9 Å².